The van der Waals surface area contributed by atoms with Gasteiger partial charge in [0.2, 0.25) is 0 Å². The molecule has 0 aliphatic rings. The molecule has 0 saturated carbocycles. The third-order valence-corrected chi connectivity index (χ3v) is 7.02. The molecule has 0 radical (unpaired) electrons. The van der Waals surface area contributed by atoms with E-state index in [0.29, 0.717) is 10.6 Å². The van der Waals surface area contributed by atoms with E-state index in [1.165, 1.54) is 0 Å². The van der Waals surface area contributed by atoms with E-state index in [2.05, 4.69) is 57.8 Å². The first-order chi connectivity index (χ1) is 18.3. The predicted octanol–water partition coefficient (Wildman–Crippen LogP) is 7.59. The number of carbonyl (C=O) groups excluding carboxylic acids is 1. The van der Waals surface area contributed by atoms with Gasteiger partial charge in [0, 0.05) is 44.6 Å². The van der Waals surface area contributed by atoms with Gasteiger partial charge in [-0.3, -0.25) is 4.79 Å². The summed E-state index contributed by atoms with van der Waals surface area (Å²) in [5, 5.41) is 4.93. The van der Waals surface area contributed by atoms with Crippen molar-refractivity contribution in [1.29, 1.82) is 0 Å². The number of hydrogen-bond donors (Lipinski definition) is 1. The van der Waals surface area contributed by atoms with Crippen LogP contribution in [-0.4, -0.2) is 21.3 Å². The molecule has 0 aliphatic carbocycles. The van der Waals surface area contributed by atoms with E-state index in [1.54, 1.807) is 6.21 Å². The number of carbonyl (C=O) groups is 1. The van der Waals surface area contributed by atoms with Crippen molar-refractivity contribution in [1.82, 2.24) is 14.6 Å². The van der Waals surface area contributed by atoms with Crippen LogP contribution in [0.15, 0.2) is 96.1 Å². The monoisotopic (exact) mass is 520 g/mol. The van der Waals surface area contributed by atoms with Gasteiger partial charge in [0.1, 0.15) is 0 Å². The lowest BCUT2D eigenvalue weighted by molar-refractivity contribution is 0.0955. The van der Waals surface area contributed by atoms with Crippen molar-refractivity contribution in [3.63, 3.8) is 0 Å². The Balaban J connectivity index is 1.32. The summed E-state index contributed by atoms with van der Waals surface area (Å²) in [5.74, 6) is -0.264. The minimum atomic E-state index is -0.264. The number of rotatable bonds is 6. The molecule has 1 amide bonds. The summed E-state index contributed by atoms with van der Waals surface area (Å²) in [6, 6.07) is 29.9. The number of aromatic nitrogens is 2. The Morgan fingerprint density at radius 3 is 2.29 bits per heavy atom. The number of benzene rings is 3. The molecule has 5 aromatic rings. The maximum atomic E-state index is 12.8. The number of hydrazone groups is 1. The Kier molecular flexibility index (Phi) is 7.03. The molecule has 0 bridgehead atoms. The van der Waals surface area contributed by atoms with Gasteiger partial charge in [-0.05, 0) is 93.4 Å². The average Bonchev–Trinajstić information content (AvgIpc) is 3.44. The second-order valence-corrected chi connectivity index (χ2v) is 9.84. The van der Waals surface area contributed by atoms with Crippen molar-refractivity contribution in [2.24, 2.45) is 5.10 Å². The van der Waals surface area contributed by atoms with E-state index in [9.17, 15) is 4.79 Å². The van der Waals surface area contributed by atoms with Gasteiger partial charge in [-0.2, -0.15) is 5.10 Å². The minimum Gasteiger partial charge on any atom is -0.318 e. The van der Waals surface area contributed by atoms with Gasteiger partial charge in [0.05, 0.1) is 11.9 Å². The van der Waals surface area contributed by atoms with Gasteiger partial charge in [0.25, 0.3) is 5.91 Å². The van der Waals surface area contributed by atoms with Crippen LogP contribution in [0.5, 0.6) is 0 Å². The third kappa shape index (κ3) is 4.93. The van der Waals surface area contributed by atoms with Crippen LogP contribution in [0.25, 0.3) is 22.6 Å². The Hall–Kier alpha value is -4.35. The first-order valence-electron chi connectivity index (χ1n) is 12.5. The zero-order valence-corrected chi connectivity index (χ0v) is 22.6. The van der Waals surface area contributed by atoms with E-state index in [1.807, 2.05) is 80.6 Å². The van der Waals surface area contributed by atoms with Crippen LogP contribution in [0.2, 0.25) is 5.02 Å². The molecule has 0 aliphatic heterocycles. The average molecular weight is 521 g/mol. The topological polar surface area (TPSA) is 51.3 Å². The van der Waals surface area contributed by atoms with Crippen LogP contribution in [0.4, 0.5) is 0 Å². The zero-order valence-electron chi connectivity index (χ0n) is 21.9. The molecule has 2 aromatic heterocycles. The molecular formula is C32H29ClN4O. The molecule has 0 spiro atoms. The molecule has 0 saturated heterocycles. The molecule has 190 valence electrons. The Morgan fingerprint density at radius 2 is 1.55 bits per heavy atom. The number of nitrogens with one attached hydrogen (secondary N) is 1. The van der Waals surface area contributed by atoms with Crippen LogP contribution >= 0.6 is 11.6 Å². The second-order valence-electron chi connectivity index (χ2n) is 9.40. The van der Waals surface area contributed by atoms with Gasteiger partial charge in [-0.1, -0.05) is 48.0 Å². The molecule has 5 rings (SSSR count). The fraction of sp³-hybridized carbons (Fsp3) is 0.125. The summed E-state index contributed by atoms with van der Waals surface area (Å²) in [4.78, 5) is 12.8. The molecule has 0 unspecified atom stereocenters. The normalized spacial score (nSPS) is 11.3. The summed E-state index contributed by atoms with van der Waals surface area (Å²) < 4.78 is 4.34. The lowest BCUT2D eigenvalue weighted by Crippen LogP contribution is -2.17. The first-order valence-corrected chi connectivity index (χ1v) is 12.8. The van der Waals surface area contributed by atoms with Gasteiger partial charge in [0.15, 0.2) is 0 Å². The van der Waals surface area contributed by atoms with Crippen molar-refractivity contribution in [2.45, 2.75) is 27.7 Å². The number of nitrogens with zero attached hydrogens (tertiary/aromatic N) is 3. The van der Waals surface area contributed by atoms with Crippen molar-refractivity contribution in [3.8, 4) is 22.6 Å². The van der Waals surface area contributed by atoms with Gasteiger partial charge < -0.3 is 9.13 Å². The lowest BCUT2D eigenvalue weighted by atomic mass is 10.1. The smallest absolute Gasteiger partial charge is 0.271 e. The van der Waals surface area contributed by atoms with Crippen LogP contribution in [-0.2, 0) is 0 Å². The van der Waals surface area contributed by atoms with E-state index >= 15 is 0 Å². The highest BCUT2D eigenvalue weighted by Gasteiger charge is 2.13. The van der Waals surface area contributed by atoms with Crippen LogP contribution in [0, 0.1) is 27.7 Å². The van der Waals surface area contributed by atoms with E-state index in [4.69, 9.17) is 11.6 Å². The summed E-state index contributed by atoms with van der Waals surface area (Å²) in [5.41, 5.74) is 12.7. The second kappa shape index (κ2) is 10.6. The number of amides is 1. The highest BCUT2D eigenvalue weighted by molar-refractivity contribution is 6.30. The largest absolute Gasteiger partial charge is 0.318 e. The molecule has 5 nitrogen and oxygen atoms in total. The highest BCUT2D eigenvalue weighted by atomic mass is 35.5. The fourth-order valence-corrected chi connectivity index (χ4v) is 4.98. The first kappa shape index (κ1) is 25.3. The van der Waals surface area contributed by atoms with Gasteiger partial charge in [-0.25, -0.2) is 5.43 Å². The molecule has 3 aromatic carbocycles. The maximum Gasteiger partial charge on any atom is 0.271 e. The van der Waals surface area contributed by atoms with Crippen LogP contribution in [0.1, 0.15) is 38.6 Å². The standard InChI is InChI=1S/C32H29ClN4O/c1-21-10-14-28(33)19-31(21)36-23(3)18-27(24(36)4)20-34-35-32(38)26-12-15-29(16-13-26)37-22(2)11-17-30(37)25-8-6-5-7-9-25/h5-20H,1-4H3,(H,35,38). The molecule has 0 fully saturated rings. The number of halogens is 1. The van der Waals surface area contributed by atoms with Crippen molar-refractivity contribution in [2.75, 3.05) is 0 Å². The molecule has 1 N–H and O–H groups in total. The Bertz CT molecular complexity index is 1640. The van der Waals surface area contributed by atoms with Crippen molar-refractivity contribution in [3.05, 3.63) is 130 Å². The van der Waals surface area contributed by atoms with E-state index in [-0.39, 0.29) is 5.91 Å². The quantitative estimate of drug-likeness (QED) is 0.182. The van der Waals surface area contributed by atoms with E-state index < -0.39 is 0 Å². The highest BCUT2D eigenvalue weighted by Crippen LogP contribution is 2.27. The lowest BCUT2D eigenvalue weighted by Gasteiger charge is -2.13. The van der Waals surface area contributed by atoms with Crippen LogP contribution in [0.3, 0.4) is 0 Å². The SMILES string of the molecule is Cc1ccc(Cl)cc1-n1c(C)cc(C=NNC(=O)c2ccc(-n3c(C)ccc3-c3ccccc3)cc2)c1C. The molecule has 6 heteroatoms. The molecule has 2 heterocycles. The summed E-state index contributed by atoms with van der Waals surface area (Å²) in [7, 11) is 0. The van der Waals surface area contributed by atoms with Crippen molar-refractivity contribution < 1.29 is 4.79 Å². The zero-order chi connectivity index (χ0) is 26.8. The summed E-state index contributed by atoms with van der Waals surface area (Å²) in [6.07, 6.45) is 1.68. The minimum absolute atomic E-state index is 0.264. The maximum absolute atomic E-state index is 12.8. The molecule has 38 heavy (non-hydrogen) atoms. The third-order valence-electron chi connectivity index (χ3n) is 6.79. The number of hydrogen-bond acceptors (Lipinski definition) is 2. The summed E-state index contributed by atoms with van der Waals surface area (Å²) >= 11 is 6.25. The molecule has 0 atom stereocenters. The summed E-state index contributed by atoms with van der Waals surface area (Å²) in [6.45, 7) is 8.21. The van der Waals surface area contributed by atoms with Gasteiger partial charge in [-0.15, -0.1) is 0 Å². The molecular weight excluding hydrogens is 492 g/mol. The Labute approximate surface area is 228 Å². The Morgan fingerprint density at radius 1 is 0.816 bits per heavy atom. The number of aryl methyl sites for hydroxylation is 3. The van der Waals surface area contributed by atoms with Crippen LogP contribution < -0.4 is 5.43 Å². The van der Waals surface area contributed by atoms with E-state index in [0.717, 1.165) is 50.8 Å². The fourth-order valence-electron chi connectivity index (χ4n) is 4.81. The predicted molar refractivity (Wildman–Crippen MR) is 156 cm³/mol. The van der Waals surface area contributed by atoms with Gasteiger partial charge >= 0.3 is 0 Å². The van der Waals surface area contributed by atoms with Crippen molar-refractivity contribution >= 4 is 23.7 Å².